The quantitative estimate of drug-likeness (QED) is 0.304. The maximum absolute atomic E-state index is 14.1. The molecule has 43 heavy (non-hydrogen) atoms. The first-order chi connectivity index (χ1) is 20.6. The third kappa shape index (κ3) is 7.84. The van der Waals surface area contributed by atoms with E-state index in [2.05, 4.69) is 5.32 Å². The van der Waals surface area contributed by atoms with E-state index in [0.717, 1.165) is 22.0 Å². The molecule has 0 saturated heterocycles. The Bertz CT molecular complexity index is 1500. The van der Waals surface area contributed by atoms with E-state index < -0.39 is 34.3 Å². The summed E-state index contributed by atoms with van der Waals surface area (Å²) >= 11 is 0. The van der Waals surface area contributed by atoms with Gasteiger partial charge in [0.05, 0.1) is 10.6 Å². The van der Waals surface area contributed by atoms with Gasteiger partial charge in [-0.3, -0.25) is 13.9 Å². The highest BCUT2D eigenvalue weighted by Gasteiger charge is 2.34. The molecule has 4 rings (SSSR count). The highest BCUT2D eigenvalue weighted by atomic mass is 32.2. The lowest BCUT2D eigenvalue weighted by molar-refractivity contribution is -0.139. The van der Waals surface area contributed by atoms with E-state index in [1.165, 1.54) is 35.2 Å². The Morgan fingerprint density at radius 3 is 2.26 bits per heavy atom. The predicted octanol–water partition coefficient (Wildman–Crippen LogP) is 4.56. The lowest BCUT2D eigenvalue weighted by Crippen LogP contribution is -2.54. The fourth-order valence-electron chi connectivity index (χ4n) is 4.78. The number of nitrogens with one attached hydrogen (secondary N) is 1. The Morgan fingerprint density at radius 2 is 1.60 bits per heavy atom. The predicted molar refractivity (Wildman–Crippen MR) is 162 cm³/mol. The standard InChI is InChI=1S/C32H38FN3O6S/c1-4-23(3)34-32(38)28(5-2)35(18-17-24-9-7-6-8-10-24)31(37)22-36(26-13-11-25(33)12-14-26)43(39,40)27-15-16-29-30(21-27)42-20-19-41-29/h6-16,21,23,28H,4-5,17-20,22H2,1-3H3,(H,34,38)/t23-,28-/m0/s1. The average molecular weight is 612 g/mol. The summed E-state index contributed by atoms with van der Waals surface area (Å²) in [6.07, 6.45) is 1.51. The zero-order valence-corrected chi connectivity index (χ0v) is 25.5. The van der Waals surface area contributed by atoms with Crippen LogP contribution >= 0.6 is 0 Å². The number of ether oxygens (including phenoxy) is 2. The molecule has 1 heterocycles. The van der Waals surface area contributed by atoms with Crippen molar-refractivity contribution in [2.45, 2.75) is 57.0 Å². The van der Waals surface area contributed by atoms with Crippen molar-refractivity contribution in [1.82, 2.24) is 10.2 Å². The first kappa shape index (κ1) is 31.8. The Morgan fingerprint density at radius 1 is 0.930 bits per heavy atom. The van der Waals surface area contributed by atoms with Gasteiger partial charge >= 0.3 is 0 Å². The molecule has 0 aliphatic carbocycles. The van der Waals surface area contributed by atoms with Gasteiger partial charge in [0.25, 0.3) is 10.0 Å². The van der Waals surface area contributed by atoms with E-state index in [4.69, 9.17) is 9.47 Å². The Hall–Kier alpha value is -4.12. The number of carbonyl (C=O) groups excluding carboxylic acids is 2. The average Bonchev–Trinajstić information content (AvgIpc) is 3.02. The SMILES string of the molecule is CC[C@H](C)NC(=O)[C@H](CC)N(CCc1ccccc1)C(=O)CN(c1ccc(F)cc1)S(=O)(=O)c1ccc2c(c1)OCCO2. The molecule has 0 fully saturated rings. The molecule has 0 saturated carbocycles. The molecule has 11 heteroatoms. The number of hydrogen-bond acceptors (Lipinski definition) is 6. The fourth-order valence-corrected chi connectivity index (χ4v) is 6.21. The molecule has 0 aromatic heterocycles. The van der Waals surface area contributed by atoms with Gasteiger partial charge in [-0.25, -0.2) is 12.8 Å². The number of halogens is 1. The zero-order chi connectivity index (χ0) is 31.0. The number of nitrogens with zero attached hydrogens (tertiary/aromatic N) is 2. The summed E-state index contributed by atoms with van der Waals surface area (Å²) in [4.78, 5) is 28.8. The van der Waals surface area contributed by atoms with Gasteiger partial charge in [0, 0.05) is 18.7 Å². The number of amides is 2. The molecule has 1 N–H and O–H groups in total. The van der Waals surface area contributed by atoms with Crippen LogP contribution in [-0.2, 0) is 26.0 Å². The van der Waals surface area contributed by atoms with Crippen molar-refractivity contribution in [1.29, 1.82) is 0 Å². The molecule has 1 aliphatic rings. The number of hydrogen-bond donors (Lipinski definition) is 1. The molecule has 2 amide bonds. The van der Waals surface area contributed by atoms with Crippen LogP contribution in [0.2, 0.25) is 0 Å². The number of anilines is 1. The zero-order valence-electron chi connectivity index (χ0n) is 24.7. The van der Waals surface area contributed by atoms with Crippen molar-refractivity contribution in [2.75, 3.05) is 30.6 Å². The van der Waals surface area contributed by atoms with Crippen molar-refractivity contribution >= 4 is 27.5 Å². The van der Waals surface area contributed by atoms with Crippen molar-refractivity contribution in [3.05, 3.63) is 84.2 Å². The molecule has 0 bridgehead atoms. The molecule has 3 aromatic carbocycles. The van der Waals surface area contributed by atoms with E-state index >= 15 is 0 Å². The van der Waals surface area contributed by atoms with Crippen LogP contribution in [0.1, 0.15) is 39.2 Å². The maximum atomic E-state index is 14.1. The summed E-state index contributed by atoms with van der Waals surface area (Å²) in [7, 11) is -4.34. The lowest BCUT2D eigenvalue weighted by atomic mass is 10.1. The molecule has 2 atom stereocenters. The Kier molecular flexibility index (Phi) is 10.6. The van der Waals surface area contributed by atoms with Gasteiger partial charge in [-0.15, -0.1) is 0 Å². The smallest absolute Gasteiger partial charge is 0.264 e. The molecule has 1 aliphatic heterocycles. The highest BCUT2D eigenvalue weighted by molar-refractivity contribution is 7.92. The second-order valence-corrected chi connectivity index (χ2v) is 12.2. The lowest BCUT2D eigenvalue weighted by Gasteiger charge is -2.33. The number of fused-ring (bicyclic) bond motifs is 1. The Labute approximate surface area is 252 Å². The second-order valence-electron chi connectivity index (χ2n) is 10.4. The van der Waals surface area contributed by atoms with Gasteiger partial charge in [0.1, 0.15) is 31.6 Å². The molecule has 0 unspecified atom stereocenters. The summed E-state index contributed by atoms with van der Waals surface area (Å²) in [6, 6.07) is 17.7. The van der Waals surface area contributed by atoms with Crippen molar-refractivity contribution in [3.63, 3.8) is 0 Å². The van der Waals surface area contributed by atoms with Gasteiger partial charge in [0.15, 0.2) is 11.5 Å². The summed E-state index contributed by atoms with van der Waals surface area (Å²) in [5.74, 6) is -0.729. The topological polar surface area (TPSA) is 105 Å². The number of sulfonamides is 1. The van der Waals surface area contributed by atoms with Crippen LogP contribution in [0.5, 0.6) is 11.5 Å². The largest absolute Gasteiger partial charge is 0.486 e. The fraction of sp³-hybridized carbons (Fsp3) is 0.375. The first-order valence-corrected chi connectivity index (χ1v) is 15.9. The van der Waals surface area contributed by atoms with E-state index in [1.807, 2.05) is 51.1 Å². The van der Waals surface area contributed by atoms with Gasteiger partial charge in [-0.1, -0.05) is 44.2 Å². The number of rotatable bonds is 13. The highest BCUT2D eigenvalue weighted by Crippen LogP contribution is 2.34. The second kappa shape index (κ2) is 14.4. The van der Waals surface area contributed by atoms with Crippen molar-refractivity contribution in [3.8, 4) is 11.5 Å². The molecule has 0 spiro atoms. The summed E-state index contributed by atoms with van der Waals surface area (Å²) in [5.41, 5.74) is 1.07. The molecule has 3 aromatic rings. The van der Waals surface area contributed by atoms with Crippen LogP contribution in [0.4, 0.5) is 10.1 Å². The van der Waals surface area contributed by atoms with E-state index in [1.54, 1.807) is 0 Å². The Balaban J connectivity index is 1.70. The van der Waals surface area contributed by atoms with E-state index in [0.29, 0.717) is 31.6 Å². The minimum atomic E-state index is -4.34. The van der Waals surface area contributed by atoms with E-state index in [-0.39, 0.29) is 41.4 Å². The summed E-state index contributed by atoms with van der Waals surface area (Å²) < 4.78 is 54.1. The van der Waals surface area contributed by atoms with E-state index in [9.17, 15) is 22.4 Å². The molecular formula is C32H38FN3O6S. The number of carbonyl (C=O) groups is 2. The summed E-state index contributed by atoms with van der Waals surface area (Å²) in [6.45, 7) is 5.85. The van der Waals surface area contributed by atoms with Crippen LogP contribution in [-0.4, -0.2) is 63.5 Å². The normalized spacial score (nSPS) is 14.0. The van der Waals surface area contributed by atoms with Gasteiger partial charge in [-0.2, -0.15) is 0 Å². The van der Waals surface area contributed by atoms with Crippen LogP contribution in [0.15, 0.2) is 77.7 Å². The van der Waals surface area contributed by atoms with Gasteiger partial charge in [0.2, 0.25) is 11.8 Å². The van der Waals surface area contributed by atoms with Crippen LogP contribution in [0, 0.1) is 5.82 Å². The van der Waals surface area contributed by atoms with Crippen LogP contribution in [0.25, 0.3) is 0 Å². The molecule has 0 radical (unpaired) electrons. The van der Waals surface area contributed by atoms with Gasteiger partial charge < -0.3 is 19.7 Å². The third-order valence-corrected chi connectivity index (χ3v) is 9.14. The van der Waals surface area contributed by atoms with Crippen LogP contribution in [0.3, 0.4) is 0 Å². The molecular weight excluding hydrogens is 573 g/mol. The maximum Gasteiger partial charge on any atom is 0.264 e. The monoisotopic (exact) mass is 611 g/mol. The molecule has 9 nitrogen and oxygen atoms in total. The van der Waals surface area contributed by atoms with Gasteiger partial charge in [-0.05, 0) is 68.1 Å². The molecule has 230 valence electrons. The minimum absolute atomic E-state index is 0.0982. The van der Waals surface area contributed by atoms with Crippen molar-refractivity contribution in [2.24, 2.45) is 0 Å². The first-order valence-electron chi connectivity index (χ1n) is 14.5. The van der Waals surface area contributed by atoms with Crippen molar-refractivity contribution < 1.29 is 31.9 Å². The van der Waals surface area contributed by atoms with Crippen LogP contribution < -0.4 is 19.1 Å². The summed E-state index contributed by atoms with van der Waals surface area (Å²) in [5, 5.41) is 2.96. The third-order valence-electron chi connectivity index (χ3n) is 7.37. The minimum Gasteiger partial charge on any atom is -0.486 e. The number of benzene rings is 3.